The Morgan fingerprint density at radius 3 is 2.79 bits per heavy atom. The van der Waals surface area contributed by atoms with Crippen molar-refractivity contribution in [1.82, 2.24) is 10.1 Å². The average molecular weight is 344 g/mol. The molecule has 0 bridgehead atoms. The molecule has 3 aromatic rings. The molecule has 0 aliphatic rings. The normalized spacial score (nSPS) is 10.4. The molecule has 0 fully saturated rings. The zero-order valence-electron chi connectivity index (χ0n) is 12.8. The fraction of sp³-hybridized carbons (Fsp3) is 0.118. The van der Waals surface area contributed by atoms with E-state index in [0.29, 0.717) is 16.7 Å². The molecule has 0 spiro atoms. The fourth-order valence-electron chi connectivity index (χ4n) is 1.99. The highest BCUT2D eigenvalue weighted by Gasteiger charge is 2.11. The summed E-state index contributed by atoms with van der Waals surface area (Å²) in [4.78, 5) is 16.0. The van der Waals surface area contributed by atoms with E-state index in [1.807, 2.05) is 37.3 Å². The number of ether oxygens (including phenoxy) is 1. The van der Waals surface area contributed by atoms with Gasteiger partial charge in [-0.2, -0.15) is 4.98 Å². The number of halogens is 1. The second-order valence-electron chi connectivity index (χ2n) is 5.04. The number of anilines is 1. The van der Waals surface area contributed by atoms with Gasteiger partial charge < -0.3 is 9.26 Å². The van der Waals surface area contributed by atoms with E-state index in [9.17, 15) is 4.79 Å². The van der Waals surface area contributed by atoms with Gasteiger partial charge in [-0.1, -0.05) is 29.8 Å². The third-order valence-corrected chi connectivity index (χ3v) is 3.62. The van der Waals surface area contributed by atoms with Crippen molar-refractivity contribution in [2.24, 2.45) is 0 Å². The Morgan fingerprint density at radius 1 is 1.25 bits per heavy atom. The van der Waals surface area contributed by atoms with Crippen LogP contribution in [0.4, 0.5) is 5.95 Å². The molecule has 1 heterocycles. The maximum Gasteiger partial charge on any atom is 0.270 e. The summed E-state index contributed by atoms with van der Waals surface area (Å²) >= 11 is 5.94. The minimum absolute atomic E-state index is 0.0924. The van der Waals surface area contributed by atoms with Gasteiger partial charge in [0, 0.05) is 10.6 Å². The molecule has 6 nitrogen and oxygen atoms in total. The van der Waals surface area contributed by atoms with Gasteiger partial charge >= 0.3 is 0 Å². The number of nitrogens with one attached hydrogen (secondary N) is 1. The van der Waals surface area contributed by atoms with Crippen molar-refractivity contribution in [3.8, 4) is 17.2 Å². The lowest BCUT2D eigenvalue weighted by molar-refractivity contribution is -0.118. The summed E-state index contributed by atoms with van der Waals surface area (Å²) in [6.07, 6.45) is 0. The second-order valence-corrected chi connectivity index (χ2v) is 5.44. The highest BCUT2D eigenvalue weighted by molar-refractivity contribution is 6.31. The van der Waals surface area contributed by atoms with E-state index in [1.54, 1.807) is 18.2 Å². The van der Waals surface area contributed by atoms with E-state index < -0.39 is 0 Å². The molecule has 0 aliphatic carbocycles. The monoisotopic (exact) mass is 343 g/mol. The van der Waals surface area contributed by atoms with Gasteiger partial charge in [-0.25, -0.2) is 0 Å². The van der Waals surface area contributed by atoms with Crippen LogP contribution in [-0.2, 0) is 4.79 Å². The zero-order chi connectivity index (χ0) is 16.9. The predicted molar refractivity (Wildman–Crippen MR) is 90.0 cm³/mol. The van der Waals surface area contributed by atoms with E-state index in [4.69, 9.17) is 20.9 Å². The predicted octanol–water partition coefficient (Wildman–Crippen LogP) is 3.72. The van der Waals surface area contributed by atoms with Gasteiger partial charge in [-0.15, -0.1) is 0 Å². The number of benzene rings is 2. The zero-order valence-corrected chi connectivity index (χ0v) is 13.6. The molecule has 2 aromatic carbocycles. The molecule has 1 aromatic heterocycles. The minimum atomic E-state index is -0.386. The number of rotatable bonds is 5. The van der Waals surface area contributed by atoms with Gasteiger partial charge in [0.2, 0.25) is 0 Å². The first-order chi connectivity index (χ1) is 11.6. The van der Waals surface area contributed by atoms with Gasteiger partial charge in [0.15, 0.2) is 6.61 Å². The lowest BCUT2D eigenvalue weighted by Crippen LogP contribution is -2.20. The van der Waals surface area contributed by atoms with E-state index in [-0.39, 0.29) is 18.5 Å². The molecule has 0 atom stereocenters. The summed E-state index contributed by atoms with van der Waals surface area (Å²) in [5.41, 5.74) is 1.65. The Bertz CT molecular complexity index is 849. The standard InChI is InChI=1S/C17H14ClN3O3/c1-11-9-13(7-8-14(11)18)23-10-15(22)19-17-20-16(24-21-17)12-5-3-2-4-6-12/h2-9H,10H2,1H3,(H,19,21,22). The van der Waals surface area contributed by atoms with Gasteiger partial charge in [0.25, 0.3) is 17.7 Å². The van der Waals surface area contributed by atoms with Crippen LogP contribution in [0.5, 0.6) is 5.75 Å². The minimum Gasteiger partial charge on any atom is -0.484 e. The molecule has 0 saturated heterocycles. The Balaban J connectivity index is 1.57. The van der Waals surface area contributed by atoms with Crippen LogP contribution in [0.25, 0.3) is 11.5 Å². The Labute approximate surface area is 143 Å². The molecule has 0 unspecified atom stereocenters. The highest BCUT2D eigenvalue weighted by Crippen LogP contribution is 2.21. The Morgan fingerprint density at radius 2 is 2.04 bits per heavy atom. The van der Waals surface area contributed by atoms with Crippen LogP contribution in [0.2, 0.25) is 5.02 Å². The van der Waals surface area contributed by atoms with Crippen LogP contribution in [0, 0.1) is 6.92 Å². The summed E-state index contributed by atoms with van der Waals surface area (Å²) in [6, 6.07) is 14.5. The first kappa shape index (κ1) is 16.0. The summed E-state index contributed by atoms with van der Waals surface area (Å²) in [5, 5.41) is 6.89. The molecule has 0 aliphatic heterocycles. The van der Waals surface area contributed by atoms with E-state index in [0.717, 1.165) is 11.1 Å². The van der Waals surface area contributed by atoms with Crippen LogP contribution >= 0.6 is 11.6 Å². The number of carbonyl (C=O) groups is 1. The summed E-state index contributed by atoms with van der Waals surface area (Å²) in [7, 11) is 0. The lowest BCUT2D eigenvalue weighted by Gasteiger charge is -2.06. The Hall–Kier alpha value is -2.86. The quantitative estimate of drug-likeness (QED) is 0.764. The number of carbonyl (C=O) groups excluding carboxylic acids is 1. The van der Waals surface area contributed by atoms with Crippen molar-refractivity contribution in [3.05, 3.63) is 59.1 Å². The van der Waals surface area contributed by atoms with Crippen molar-refractivity contribution in [1.29, 1.82) is 0 Å². The molecule has 1 amide bonds. The molecular formula is C17H14ClN3O3. The van der Waals surface area contributed by atoms with Gasteiger partial charge in [-0.05, 0) is 48.0 Å². The number of aromatic nitrogens is 2. The number of nitrogens with zero attached hydrogens (tertiary/aromatic N) is 2. The van der Waals surface area contributed by atoms with E-state index in [2.05, 4.69) is 15.5 Å². The second kappa shape index (κ2) is 7.14. The highest BCUT2D eigenvalue weighted by atomic mass is 35.5. The number of hydrogen-bond acceptors (Lipinski definition) is 5. The van der Waals surface area contributed by atoms with Crippen molar-refractivity contribution in [2.75, 3.05) is 11.9 Å². The van der Waals surface area contributed by atoms with Crippen LogP contribution in [0.3, 0.4) is 0 Å². The number of aryl methyl sites for hydroxylation is 1. The molecule has 3 rings (SSSR count). The molecular weight excluding hydrogens is 330 g/mol. The van der Waals surface area contributed by atoms with Crippen molar-refractivity contribution >= 4 is 23.5 Å². The topological polar surface area (TPSA) is 77.2 Å². The fourth-order valence-corrected chi connectivity index (χ4v) is 2.11. The summed E-state index contributed by atoms with van der Waals surface area (Å²) in [6.45, 7) is 1.69. The SMILES string of the molecule is Cc1cc(OCC(=O)Nc2noc(-c3ccccc3)n2)ccc1Cl. The Kier molecular flexibility index (Phi) is 4.77. The lowest BCUT2D eigenvalue weighted by atomic mass is 10.2. The molecule has 122 valence electrons. The van der Waals surface area contributed by atoms with Crippen LogP contribution in [0.1, 0.15) is 5.56 Å². The molecule has 0 radical (unpaired) electrons. The molecule has 0 saturated carbocycles. The third-order valence-electron chi connectivity index (χ3n) is 3.20. The van der Waals surface area contributed by atoms with Gasteiger partial charge in [0.05, 0.1) is 0 Å². The van der Waals surface area contributed by atoms with Crippen LogP contribution in [0.15, 0.2) is 53.1 Å². The van der Waals surface area contributed by atoms with Gasteiger partial charge in [0.1, 0.15) is 5.75 Å². The number of amides is 1. The maximum absolute atomic E-state index is 11.9. The maximum atomic E-state index is 11.9. The third kappa shape index (κ3) is 3.91. The first-order valence-corrected chi connectivity index (χ1v) is 7.57. The molecule has 24 heavy (non-hydrogen) atoms. The van der Waals surface area contributed by atoms with E-state index >= 15 is 0 Å². The van der Waals surface area contributed by atoms with Crippen molar-refractivity contribution < 1.29 is 14.1 Å². The summed E-state index contributed by atoms with van der Waals surface area (Å²) in [5.74, 6) is 0.600. The number of hydrogen-bond donors (Lipinski definition) is 1. The first-order valence-electron chi connectivity index (χ1n) is 7.20. The molecule has 1 N–H and O–H groups in total. The smallest absolute Gasteiger partial charge is 0.270 e. The largest absolute Gasteiger partial charge is 0.484 e. The van der Waals surface area contributed by atoms with E-state index in [1.165, 1.54) is 0 Å². The van der Waals surface area contributed by atoms with Gasteiger partial charge in [-0.3, -0.25) is 10.1 Å². The summed E-state index contributed by atoms with van der Waals surface area (Å²) < 4.78 is 10.5. The van der Waals surface area contributed by atoms with Crippen LogP contribution < -0.4 is 10.1 Å². The van der Waals surface area contributed by atoms with Crippen LogP contribution in [-0.4, -0.2) is 22.7 Å². The van der Waals surface area contributed by atoms with Crippen molar-refractivity contribution in [3.63, 3.8) is 0 Å². The molecule has 7 heteroatoms. The van der Waals surface area contributed by atoms with Crippen molar-refractivity contribution in [2.45, 2.75) is 6.92 Å². The average Bonchev–Trinajstić information content (AvgIpc) is 3.05.